The van der Waals surface area contributed by atoms with E-state index < -0.39 is 11.9 Å². The predicted molar refractivity (Wildman–Crippen MR) is 216 cm³/mol. The van der Waals surface area contributed by atoms with Crippen LogP contribution in [0.5, 0.6) is 11.8 Å². The Labute approximate surface area is 330 Å². The highest BCUT2D eigenvalue weighted by Gasteiger charge is 2.15. The molecule has 0 saturated heterocycles. The maximum atomic E-state index is 13.0. The molecule has 1 amide bonds. The zero-order chi connectivity index (χ0) is 42.8. The van der Waals surface area contributed by atoms with Gasteiger partial charge in [-0.3, -0.25) is 33.1 Å². The van der Waals surface area contributed by atoms with E-state index in [1.807, 2.05) is 38.0 Å². The van der Waals surface area contributed by atoms with Gasteiger partial charge in [-0.1, -0.05) is 6.07 Å². The minimum atomic E-state index is -0.833. The topological polar surface area (TPSA) is 244 Å². The number of carbonyl (C=O) groups excluding carboxylic acids is 1. The van der Waals surface area contributed by atoms with Gasteiger partial charge in [0, 0.05) is 50.3 Å². The first-order valence-electron chi connectivity index (χ1n) is 17.7. The van der Waals surface area contributed by atoms with Crippen LogP contribution in [0.15, 0.2) is 90.7 Å². The van der Waals surface area contributed by atoms with Gasteiger partial charge < -0.3 is 35.5 Å². The molecule has 18 heteroatoms. The van der Waals surface area contributed by atoms with Gasteiger partial charge >= 0.3 is 0 Å². The summed E-state index contributed by atoms with van der Waals surface area (Å²) in [5, 5.41) is 56.1. The molecular formula is C39H51N9O9. The van der Waals surface area contributed by atoms with Crippen LogP contribution in [0.3, 0.4) is 0 Å². The molecule has 4 rings (SSSR count). The zero-order valence-electron chi connectivity index (χ0n) is 33.4. The summed E-state index contributed by atoms with van der Waals surface area (Å²) in [6, 6.07) is 16.1. The molecule has 2 heterocycles. The first kappa shape index (κ1) is 46.6. The summed E-state index contributed by atoms with van der Waals surface area (Å²) in [6.07, 6.45) is 1.35. The van der Waals surface area contributed by atoms with Gasteiger partial charge in [-0.05, 0) is 122 Å². The van der Waals surface area contributed by atoms with E-state index in [9.17, 15) is 24.6 Å². The molecule has 2 aromatic heterocycles. The number of benzene rings is 2. The quantitative estimate of drug-likeness (QED) is 0.0900. The predicted octanol–water partition coefficient (Wildman–Crippen LogP) is 6.21. The van der Waals surface area contributed by atoms with Crippen molar-refractivity contribution in [2.24, 2.45) is 20.5 Å². The van der Waals surface area contributed by atoms with Gasteiger partial charge in [-0.15, -0.1) is 10.2 Å². The molecule has 0 unspecified atom stereocenters. The van der Waals surface area contributed by atoms with Crippen LogP contribution in [0, 0.1) is 13.8 Å². The Bertz CT molecular complexity index is 2160. The number of aliphatic carboxylic acids is 2. The van der Waals surface area contributed by atoms with Gasteiger partial charge in [0.1, 0.15) is 11.4 Å². The number of aromatic hydroxyl groups is 2. The van der Waals surface area contributed by atoms with Gasteiger partial charge in [-0.2, -0.15) is 10.2 Å². The fraction of sp³-hybridized carbons (Fsp3) is 0.359. The molecular weight excluding hydrogens is 738 g/mol. The Balaban J connectivity index is 0.00000128. The van der Waals surface area contributed by atoms with Gasteiger partial charge in [0.15, 0.2) is 0 Å². The van der Waals surface area contributed by atoms with Crippen LogP contribution < -0.4 is 16.4 Å². The van der Waals surface area contributed by atoms with Crippen molar-refractivity contribution in [1.29, 1.82) is 0 Å². The second-order valence-corrected chi connectivity index (χ2v) is 13.3. The van der Waals surface area contributed by atoms with E-state index in [4.69, 9.17) is 19.8 Å². The fourth-order valence-electron chi connectivity index (χ4n) is 4.99. The number of anilines is 1. The molecule has 0 bridgehead atoms. The smallest absolute Gasteiger partial charge is 0.300 e. The summed E-state index contributed by atoms with van der Waals surface area (Å²) in [6.45, 7) is 7.74. The number of azo groups is 2. The minimum absolute atomic E-state index is 0.197. The SMILES string of the molecule is CC(=O)O.CC(=O)O.Cc1cc(=O)n(CCCN(C)C)c(O)c1N=Nc1ccc(C(=O)Nc2cccc(N=Nc3c(C)cc(=O)n(CCCN(C)C)c3O)c2)cc1. The Morgan fingerprint density at radius 1 is 0.649 bits per heavy atom. The van der Waals surface area contributed by atoms with Crippen LogP contribution in [0.4, 0.5) is 28.4 Å². The van der Waals surface area contributed by atoms with Crippen LogP contribution >= 0.6 is 0 Å². The molecule has 57 heavy (non-hydrogen) atoms. The van der Waals surface area contributed by atoms with E-state index in [-0.39, 0.29) is 40.2 Å². The third-order valence-electron chi connectivity index (χ3n) is 7.63. The fourth-order valence-corrected chi connectivity index (χ4v) is 4.99. The van der Waals surface area contributed by atoms with E-state index >= 15 is 0 Å². The number of aromatic nitrogens is 2. The summed E-state index contributed by atoms with van der Waals surface area (Å²) >= 11 is 0. The van der Waals surface area contributed by atoms with E-state index in [0.29, 0.717) is 59.7 Å². The molecule has 0 radical (unpaired) electrons. The van der Waals surface area contributed by atoms with Crippen LogP contribution in [0.1, 0.15) is 48.2 Å². The third kappa shape index (κ3) is 16.0. The number of rotatable bonds is 14. The van der Waals surface area contributed by atoms with Crippen molar-refractivity contribution in [2.45, 2.75) is 53.6 Å². The number of hydrogen-bond donors (Lipinski definition) is 5. The average molecular weight is 790 g/mol. The number of pyridine rings is 2. The van der Waals surface area contributed by atoms with E-state index in [2.05, 4.69) is 25.8 Å². The molecule has 18 nitrogen and oxygen atoms in total. The highest BCUT2D eigenvalue weighted by molar-refractivity contribution is 6.04. The van der Waals surface area contributed by atoms with Gasteiger partial charge in [-0.25, -0.2) is 0 Å². The monoisotopic (exact) mass is 789 g/mol. The van der Waals surface area contributed by atoms with Crippen molar-refractivity contribution in [3.63, 3.8) is 0 Å². The molecule has 0 fully saturated rings. The van der Waals surface area contributed by atoms with Gasteiger partial charge in [0.05, 0.1) is 11.4 Å². The summed E-state index contributed by atoms with van der Waals surface area (Å²) in [5.74, 6) is -2.52. The number of nitrogens with zero attached hydrogens (tertiary/aromatic N) is 8. The van der Waals surface area contributed by atoms with Gasteiger partial charge in [0.25, 0.3) is 29.0 Å². The Hall–Kier alpha value is -6.53. The molecule has 0 aliphatic carbocycles. The largest absolute Gasteiger partial charge is 0.493 e. The normalized spacial score (nSPS) is 11.0. The molecule has 0 atom stereocenters. The summed E-state index contributed by atoms with van der Waals surface area (Å²) < 4.78 is 2.57. The van der Waals surface area contributed by atoms with Crippen molar-refractivity contribution in [3.05, 3.63) is 98.1 Å². The van der Waals surface area contributed by atoms with Crippen molar-refractivity contribution in [3.8, 4) is 11.8 Å². The second-order valence-electron chi connectivity index (χ2n) is 13.3. The highest BCUT2D eigenvalue weighted by atomic mass is 16.4. The molecule has 2 aromatic carbocycles. The molecule has 306 valence electrons. The van der Waals surface area contributed by atoms with E-state index in [0.717, 1.165) is 26.9 Å². The van der Waals surface area contributed by atoms with Gasteiger partial charge in [0.2, 0.25) is 11.8 Å². The van der Waals surface area contributed by atoms with Crippen molar-refractivity contribution in [1.82, 2.24) is 18.9 Å². The Kier molecular flexibility index (Phi) is 18.6. The van der Waals surface area contributed by atoms with Crippen molar-refractivity contribution in [2.75, 3.05) is 46.6 Å². The zero-order valence-corrected chi connectivity index (χ0v) is 33.4. The lowest BCUT2D eigenvalue weighted by molar-refractivity contribution is -0.135. The number of hydrogen-bond acceptors (Lipinski definition) is 13. The second kappa shape index (κ2) is 22.8. The minimum Gasteiger partial charge on any atom is -0.493 e. The van der Waals surface area contributed by atoms with E-state index in [1.165, 1.54) is 21.3 Å². The number of carboxylic acids is 2. The maximum Gasteiger partial charge on any atom is 0.300 e. The Morgan fingerprint density at radius 2 is 1.07 bits per heavy atom. The first-order valence-corrected chi connectivity index (χ1v) is 17.7. The molecule has 5 N–H and O–H groups in total. The third-order valence-corrected chi connectivity index (χ3v) is 7.63. The lowest BCUT2D eigenvalue weighted by atomic mass is 10.2. The average Bonchev–Trinajstić information content (AvgIpc) is 3.10. The standard InChI is InChI=1S/C35H43N9O5.2C2H4O2/c1-23-20-29(45)43(18-8-16-41(3)4)34(48)31(23)39-37-26-14-12-25(13-15-26)33(47)36-27-10-7-11-28(22-27)38-40-32-24(2)21-30(46)44(35(32)49)19-9-17-42(5)6;2*1-2(3)4/h7,10-15,20-22,48-49H,8-9,16-19H2,1-6H3,(H,36,47);2*1H3,(H,3,4). The van der Waals surface area contributed by atoms with Crippen LogP contribution in [0.25, 0.3) is 0 Å². The summed E-state index contributed by atoms with van der Waals surface area (Å²) in [7, 11) is 7.76. The van der Waals surface area contributed by atoms with Crippen molar-refractivity contribution < 1.29 is 34.8 Å². The first-order chi connectivity index (χ1) is 26.8. The number of amides is 1. The number of aryl methyl sites for hydroxylation is 2. The molecule has 4 aromatic rings. The number of nitrogens with one attached hydrogen (secondary N) is 1. The number of carbonyl (C=O) groups is 3. The maximum absolute atomic E-state index is 13.0. The highest BCUT2D eigenvalue weighted by Crippen LogP contribution is 2.32. The summed E-state index contributed by atoms with van der Waals surface area (Å²) in [5.41, 5.74) is 2.51. The molecule has 0 spiro atoms. The Morgan fingerprint density at radius 3 is 1.49 bits per heavy atom. The lowest BCUT2D eigenvalue weighted by Crippen LogP contribution is -2.22. The van der Waals surface area contributed by atoms with Crippen LogP contribution in [-0.4, -0.2) is 98.5 Å². The van der Waals surface area contributed by atoms with Crippen LogP contribution in [-0.2, 0) is 22.7 Å². The van der Waals surface area contributed by atoms with Crippen molar-refractivity contribution >= 4 is 46.3 Å². The number of carboxylic acid groups (broad SMARTS) is 2. The van der Waals surface area contributed by atoms with E-state index in [1.54, 1.807) is 62.4 Å². The molecule has 0 saturated carbocycles. The molecule has 0 aliphatic heterocycles. The molecule has 0 aliphatic rings. The van der Waals surface area contributed by atoms with Crippen LogP contribution in [0.2, 0.25) is 0 Å². The lowest BCUT2D eigenvalue weighted by Gasteiger charge is -2.13. The summed E-state index contributed by atoms with van der Waals surface area (Å²) in [4.78, 5) is 59.9.